The summed E-state index contributed by atoms with van der Waals surface area (Å²) < 4.78 is 0.870. The van der Waals surface area contributed by atoms with Gasteiger partial charge < -0.3 is 11.1 Å². The van der Waals surface area contributed by atoms with Gasteiger partial charge in [0.1, 0.15) is 5.82 Å². The van der Waals surface area contributed by atoms with Gasteiger partial charge >= 0.3 is 0 Å². The maximum Gasteiger partial charge on any atom is 0.221 e. The molecule has 3 N–H and O–H groups in total. The van der Waals surface area contributed by atoms with Crippen molar-refractivity contribution >= 4 is 27.7 Å². The Hall–Kier alpha value is -0.840. The zero-order chi connectivity index (χ0) is 12.3. The van der Waals surface area contributed by atoms with Crippen molar-refractivity contribution in [2.24, 2.45) is 5.92 Å². The molecule has 0 saturated heterocycles. The Balaban J connectivity index is 2.01. The highest BCUT2D eigenvalue weighted by molar-refractivity contribution is 9.10. The van der Waals surface area contributed by atoms with Gasteiger partial charge in [-0.3, -0.25) is 0 Å². The third kappa shape index (κ3) is 3.31. The van der Waals surface area contributed by atoms with Crippen molar-refractivity contribution in [1.82, 2.24) is 9.97 Å². The summed E-state index contributed by atoms with van der Waals surface area (Å²) in [6.07, 6.45) is 8.40. The van der Waals surface area contributed by atoms with Crippen LogP contribution in [-0.2, 0) is 0 Å². The number of nitrogen functional groups attached to an aromatic ring is 1. The minimum Gasteiger partial charge on any atom is -0.368 e. The van der Waals surface area contributed by atoms with E-state index in [0.717, 1.165) is 16.2 Å². The maximum atomic E-state index is 5.60. The predicted octanol–water partition coefficient (Wildman–Crippen LogP) is 3.20. The van der Waals surface area contributed by atoms with Crippen LogP contribution in [0.4, 0.5) is 11.8 Å². The van der Waals surface area contributed by atoms with Crippen LogP contribution in [-0.4, -0.2) is 16.0 Å². The average Bonchev–Trinajstić information content (AvgIpc) is 2.35. The first-order valence-electron chi connectivity index (χ1n) is 6.21. The van der Waals surface area contributed by atoms with Gasteiger partial charge in [-0.25, -0.2) is 4.98 Å². The molecule has 5 heteroatoms. The molecule has 2 rings (SSSR count). The molecule has 1 fully saturated rings. The van der Waals surface area contributed by atoms with Crippen LogP contribution in [0.1, 0.15) is 39.0 Å². The van der Waals surface area contributed by atoms with Crippen molar-refractivity contribution in [1.29, 1.82) is 0 Å². The standard InChI is InChI=1S/C12H19BrN4/c1-8(9-5-3-2-4-6-9)16-11-10(13)7-15-12(14)17-11/h7-9H,2-6H2,1H3,(H3,14,15,16,17). The summed E-state index contributed by atoms with van der Waals surface area (Å²) in [6, 6.07) is 0.431. The lowest BCUT2D eigenvalue weighted by Gasteiger charge is -2.28. The van der Waals surface area contributed by atoms with Crippen molar-refractivity contribution in [3.63, 3.8) is 0 Å². The second kappa shape index (κ2) is 5.67. The lowest BCUT2D eigenvalue weighted by Crippen LogP contribution is -2.28. The second-order valence-corrected chi connectivity index (χ2v) is 5.61. The molecule has 1 aliphatic carbocycles. The summed E-state index contributed by atoms with van der Waals surface area (Å²) in [7, 11) is 0. The van der Waals surface area contributed by atoms with Gasteiger partial charge in [0, 0.05) is 12.2 Å². The fourth-order valence-corrected chi connectivity index (χ4v) is 2.76. The molecule has 1 heterocycles. The van der Waals surface area contributed by atoms with Crippen LogP contribution in [0.5, 0.6) is 0 Å². The Morgan fingerprint density at radius 3 is 2.82 bits per heavy atom. The number of nitrogens with one attached hydrogen (secondary N) is 1. The Labute approximate surface area is 111 Å². The fraction of sp³-hybridized carbons (Fsp3) is 0.667. The average molecular weight is 299 g/mol. The molecule has 1 atom stereocenters. The van der Waals surface area contributed by atoms with Crippen LogP contribution >= 0.6 is 15.9 Å². The highest BCUT2D eigenvalue weighted by Crippen LogP contribution is 2.29. The zero-order valence-electron chi connectivity index (χ0n) is 10.1. The van der Waals surface area contributed by atoms with E-state index >= 15 is 0 Å². The lowest BCUT2D eigenvalue weighted by molar-refractivity contribution is 0.328. The molecule has 1 aromatic rings. The van der Waals surface area contributed by atoms with Gasteiger partial charge in [-0.2, -0.15) is 4.98 Å². The van der Waals surface area contributed by atoms with E-state index in [9.17, 15) is 0 Å². The van der Waals surface area contributed by atoms with Gasteiger partial charge in [0.2, 0.25) is 5.95 Å². The molecule has 1 saturated carbocycles. The quantitative estimate of drug-likeness (QED) is 0.899. The van der Waals surface area contributed by atoms with E-state index in [1.54, 1.807) is 6.20 Å². The maximum absolute atomic E-state index is 5.60. The van der Waals surface area contributed by atoms with Crippen LogP contribution in [0.3, 0.4) is 0 Å². The van der Waals surface area contributed by atoms with Gasteiger partial charge in [0.15, 0.2) is 0 Å². The molecular formula is C12H19BrN4. The first-order chi connectivity index (χ1) is 8.16. The normalized spacial score (nSPS) is 18.9. The van der Waals surface area contributed by atoms with E-state index in [0.29, 0.717) is 12.0 Å². The number of hydrogen-bond donors (Lipinski definition) is 2. The Morgan fingerprint density at radius 1 is 1.41 bits per heavy atom. The van der Waals surface area contributed by atoms with E-state index in [2.05, 4.69) is 38.1 Å². The van der Waals surface area contributed by atoms with E-state index in [1.165, 1.54) is 32.1 Å². The fourth-order valence-electron chi connectivity index (χ4n) is 2.45. The van der Waals surface area contributed by atoms with Crippen molar-refractivity contribution < 1.29 is 0 Å². The first-order valence-corrected chi connectivity index (χ1v) is 7.00. The van der Waals surface area contributed by atoms with E-state index in [4.69, 9.17) is 5.73 Å². The highest BCUT2D eigenvalue weighted by Gasteiger charge is 2.20. The summed E-state index contributed by atoms with van der Waals surface area (Å²) in [5.74, 6) is 1.86. The zero-order valence-corrected chi connectivity index (χ0v) is 11.7. The Kier molecular flexibility index (Phi) is 4.20. The predicted molar refractivity (Wildman–Crippen MR) is 73.8 cm³/mol. The molecule has 0 bridgehead atoms. The van der Waals surface area contributed by atoms with Crippen molar-refractivity contribution in [3.8, 4) is 0 Å². The summed E-state index contributed by atoms with van der Waals surface area (Å²) in [5, 5.41) is 3.44. The van der Waals surface area contributed by atoms with E-state index in [-0.39, 0.29) is 0 Å². The number of anilines is 2. The van der Waals surface area contributed by atoms with E-state index < -0.39 is 0 Å². The summed E-state index contributed by atoms with van der Waals surface area (Å²) in [5.41, 5.74) is 5.60. The molecule has 17 heavy (non-hydrogen) atoms. The van der Waals surface area contributed by atoms with Gasteiger partial charge in [0.25, 0.3) is 0 Å². The second-order valence-electron chi connectivity index (χ2n) is 4.76. The van der Waals surface area contributed by atoms with Crippen molar-refractivity contribution in [2.75, 3.05) is 11.1 Å². The lowest BCUT2D eigenvalue weighted by atomic mass is 9.84. The monoisotopic (exact) mass is 298 g/mol. The number of nitrogens with two attached hydrogens (primary N) is 1. The van der Waals surface area contributed by atoms with Gasteiger partial charge in [-0.1, -0.05) is 19.3 Å². The molecule has 94 valence electrons. The molecule has 1 unspecified atom stereocenters. The van der Waals surface area contributed by atoms with Gasteiger partial charge in [0.05, 0.1) is 4.47 Å². The Morgan fingerprint density at radius 2 is 2.12 bits per heavy atom. The molecule has 0 aliphatic heterocycles. The molecular weight excluding hydrogens is 280 g/mol. The smallest absolute Gasteiger partial charge is 0.221 e. The number of rotatable bonds is 3. The summed E-state index contributed by atoms with van der Waals surface area (Å²) in [6.45, 7) is 2.22. The minimum absolute atomic E-state index is 0.312. The topological polar surface area (TPSA) is 63.8 Å². The number of hydrogen-bond acceptors (Lipinski definition) is 4. The molecule has 0 radical (unpaired) electrons. The molecule has 0 aromatic carbocycles. The van der Waals surface area contributed by atoms with Crippen LogP contribution in [0.2, 0.25) is 0 Å². The molecule has 1 aliphatic rings. The summed E-state index contributed by atoms with van der Waals surface area (Å²) >= 11 is 3.44. The highest BCUT2D eigenvalue weighted by atomic mass is 79.9. The van der Waals surface area contributed by atoms with E-state index in [1.807, 2.05) is 0 Å². The van der Waals surface area contributed by atoms with Crippen molar-refractivity contribution in [3.05, 3.63) is 10.7 Å². The largest absolute Gasteiger partial charge is 0.368 e. The number of aromatic nitrogens is 2. The van der Waals surface area contributed by atoms with Crippen LogP contribution in [0.25, 0.3) is 0 Å². The third-order valence-electron chi connectivity index (χ3n) is 3.48. The van der Waals surface area contributed by atoms with Crippen LogP contribution in [0, 0.1) is 5.92 Å². The van der Waals surface area contributed by atoms with Gasteiger partial charge in [-0.15, -0.1) is 0 Å². The van der Waals surface area contributed by atoms with Crippen LogP contribution < -0.4 is 11.1 Å². The number of halogens is 1. The molecule has 4 nitrogen and oxygen atoms in total. The molecule has 1 aromatic heterocycles. The SMILES string of the molecule is CC(Nc1nc(N)ncc1Br)C1CCCCC1. The Bertz CT molecular complexity index is 377. The van der Waals surface area contributed by atoms with Gasteiger partial charge in [-0.05, 0) is 41.6 Å². The van der Waals surface area contributed by atoms with Crippen LogP contribution in [0.15, 0.2) is 10.7 Å². The molecule has 0 amide bonds. The first kappa shape index (κ1) is 12.6. The third-order valence-corrected chi connectivity index (χ3v) is 4.06. The van der Waals surface area contributed by atoms with Crippen molar-refractivity contribution in [2.45, 2.75) is 45.1 Å². The number of nitrogens with zero attached hydrogens (tertiary/aromatic N) is 2. The minimum atomic E-state index is 0.312. The summed E-state index contributed by atoms with van der Waals surface area (Å²) in [4.78, 5) is 8.16. The molecule has 0 spiro atoms.